The van der Waals surface area contributed by atoms with Gasteiger partial charge in [0, 0.05) is 0 Å². The second-order valence-corrected chi connectivity index (χ2v) is 6.74. The number of hydrogen-bond donors (Lipinski definition) is 2. The van der Waals surface area contributed by atoms with E-state index in [1.165, 1.54) is 12.1 Å². The van der Waals surface area contributed by atoms with Crippen LogP contribution in [-0.2, 0) is 10.0 Å². The summed E-state index contributed by atoms with van der Waals surface area (Å²) in [6.45, 7) is 5.27. The maximum Gasteiger partial charge on any atom is 0.276 e. The van der Waals surface area contributed by atoms with Crippen LogP contribution in [0.5, 0.6) is 5.75 Å². The van der Waals surface area contributed by atoms with Crippen LogP contribution < -0.4 is 4.83 Å². The Labute approximate surface area is 130 Å². The lowest BCUT2D eigenvalue weighted by molar-refractivity contribution is 0.475. The summed E-state index contributed by atoms with van der Waals surface area (Å²) in [5.74, 6) is 0.146. The van der Waals surface area contributed by atoms with Crippen LogP contribution in [0, 0.1) is 13.8 Å². The topological polar surface area (TPSA) is 78.8 Å². The predicted octanol–water partition coefficient (Wildman–Crippen LogP) is 2.71. The van der Waals surface area contributed by atoms with E-state index >= 15 is 0 Å². The van der Waals surface area contributed by atoms with Crippen molar-refractivity contribution in [2.45, 2.75) is 25.7 Å². The van der Waals surface area contributed by atoms with E-state index in [0.29, 0.717) is 11.3 Å². The molecule has 5 nitrogen and oxygen atoms in total. The lowest BCUT2D eigenvalue weighted by atomic mass is 10.1. The van der Waals surface area contributed by atoms with E-state index in [1.54, 1.807) is 38.1 Å². The van der Waals surface area contributed by atoms with E-state index in [1.807, 2.05) is 13.0 Å². The Hall–Kier alpha value is -2.34. The molecule has 0 atom stereocenters. The number of rotatable bonds is 4. The predicted molar refractivity (Wildman–Crippen MR) is 86.6 cm³/mol. The van der Waals surface area contributed by atoms with Crippen LogP contribution in [0.15, 0.2) is 52.5 Å². The van der Waals surface area contributed by atoms with Crippen LogP contribution in [0.4, 0.5) is 0 Å². The van der Waals surface area contributed by atoms with Crippen LogP contribution >= 0.6 is 0 Å². The van der Waals surface area contributed by atoms with E-state index in [0.717, 1.165) is 11.1 Å². The summed E-state index contributed by atoms with van der Waals surface area (Å²) in [5, 5.41) is 13.2. The second-order valence-electron chi connectivity index (χ2n) is 5.11. The van der Waals surface area contributed by atoms with Gasteiger partial charge in [-0.25, -0.2) is 0 Å². The van der Waals surface area contributed by atoms with Gasteiger partial charge in [0.1, 0.15) is 5.75 Å². The number of aromatic hydroxyl groups is 1. The summed E-state index contributed by atoms with van der Waals surface area (Å²) in [7, 11) is -3.71. The van der Waals surface area contributed by atoms with Gasteiger partial charge in [0.05, 0.1) is 10.6 Å². The fraction of sp³-hybridized carbons (Fsp3) is 0.188. The van der Waals surface area contributed by atoms with Crippen molar-refractivity contribution in [3.8, 4) is 5.75 Å². The van der Waals surface area contributed by atoms with E-state index in [-0.39, 0.29) is 10.6 Å². The molecule has 0 aliphatic heterocycles. The molecule has 0 saturated heterocycles. The zero-order chi connectivity index (χ0) is 16.3. The Morgan fingerprint density at radius 3 is 2.36 bits per heavy atom. The molecule has 0 aromatic heterocycles. The molecule has 22 heavy (non-hydrogen) atoms. The maximum absolute atomic E-state index is 12.3. The molecule has 0 unspecified atom stereocenters. The number of sulfonamides is 1. The van der Waals surface area contributed by atoms with Crippen molar-refractivity contribution in [1.82, 2.24) is 4.83 Å². The van der Waals surface area contributed by atoms with E-state index in [4.69, 9.17) is 0 Å². The van der Waals surface area contributed by atoms with E-state index in [9.17, 15) is 13.5 Å². The van der Waals surface area contributed by atoms with Crippen LogP contribution in [0.2, 0.25) is 0 Å². The number of phenols is 1. The Bertz CT molecular complexity index is 810. The van der Waals surface area contributed by atoms with E-state index in [2.05, 4.69) is 9.93 Å². The molecule has 0 bridgehead atoms. The molecule has 0 radical (unpaired) electrons. The smallest absolute Gasteiger partial charge is 0.276 e. The largest absolute Gasteiger partial charge is 0.508 e. The van der Waals surface area contributed by atoms with Gasteiger partial charge in [-0.15, -0.1) is 0 Å². The molecular weight excluding hydrogens is 300 g/mol. The second kappa shape index (κ2) is 6.19. The molecule has 6 heteroatoms. The standard InChI is InChI=1S/C16H18N2O3S/c1-11-4-5-12(2)16(10-11)22(20,21)18-17-13(3)14-6-8-15(19)9-7-14/h4-10,18-19H,1-3H3/b17-13+. The van der Waals surface area contributed by atoms with Crippen molar-refractivity contribution >= 4 is 15.7 Å². The van der Waals surface area contributed by atoms with Crippen molar-refractivity contribution in [1.29, 1.82) is 0 Å². The number of aryl methyl sites for hydroxylation is 2. The zero-order valence-corrected chi connectivity index (χ0v) is 13.5. The van der Waals surface area contributed by atoms with Gasteiger partial charge in [0.25, 0.3) is 10.0 Å². The lowest BCUT2D eigenvalue weighted by Crippen LogP contribution is -2.21. The van der Waals surface area contributed by atoms with Crippen LogP contribution in [0.1, 0.15) is 23.6 Å². The van der Waals surface area contributed by atoms with Crippen molar-refractivity contribution in [3.63, 3.8) is 0 Å². The van der Waals surface area contributed by atoms with Gasteiger partial charge in [0.2, 0.25) is 0 Å². The van der Waals surface area contributed by atoms with Crippen LogP contribution in [0.3, 0.4) is 0 Å². The summed E-state index contributed by atoms with van der Waals surface area (Å²) in [6.07, 6.45) is 0. The van der Waals surface area contributed by atoms with Crippen LogP contribution in [0.25, 0.3) is 0 Å². The molecule has 0 amide bonds. The Kier molecular flexibility index (Phi) is 4.51. The summed E-state index contributed by atoms with van der Waals surface area (Å²) in [6, 6.07) is 11.6. The van der Waals surface area contributed by atoms with Gasteiger partial charge in [-0.05, 0) is 67.8 Å². The summed E-state index contributed by atoms with van der Waals surface area (Å²) >= 11 is 0. The molecule has 0 aliphatic carbocycles. The van der Waals surface area contributed by atoms with Gasteiger partial charge in [0.15, 0.2) is 0 Å². The molecule has 2 aromatic rings. The summed E-state index contributed by atoms with van der Waals surface area (Å²) in [5.41, 5.74) is 2.76. The first-order valence-corrected chi connectivity index (χ1v) is 8.20. The van der Waals surface area contributed by atoms with Crippen molar-refractivity contribution < 1.29 is 13.5 Å². The number of nitrogens with zero attached hydrogens (tertiary/aromatic N) is 1. The number of phenolic OH excluding ortho intramolecular Hbond substituents is 1. The van der Waals surface area contributed by atoms with Gasteiger partial charge in [-0.1, -0.05) is 12.1 Å². The van der Waals surface area contributed by atoms with Crippen molar-refractivity contribution in [2.24, 2.45) is 5.10 Å². The minimum Gasteiger partial charge on any atom is -0.508 e. The fourth-order valence-electron chi connectivity index (χ4n) is 1.94. The average Bonchev–Trinajstić information content (AvgIpc) is 2.48. The molecule has 0 saturated carbocycles. The Morgan fingerprint density at radius 2 is 1.73 bits per heavy atom. The third-order valence-electron chi connectivity index (χ3n) is 3.25. The lowest BCUT2D eigenvalue weighted by Gasteiger charge is -2.09. The summed E-state index contributed by atoms with van der Waals surface area (Å²) < 4.78 is 24.7. The third-order valence-corrected chi connectivity index (χ3v) is 4.60. The first-order chi connectivity index (χ1) is 10.3. The van der Waals surface area contributed by atoms with Gasteiger partial charge in [-0.3, -0.25) is 0 Å². The zero-order valence-electron chi connectivity index (χ0n) is 12.7. The molecule has 0 heterocycles. The third kappa shape index (κ3) is 3.65. The molecule has 116 valence electrons. The average molecular weight is 318 g/mol. The fourth-order valence-corrected chi connectivity index (χ4v) is 3.13. The molecule has 2 rings (SSSR count). The first-order valence-electron chi connectivity index (χ1n) is 6.72. The minimum absolute atomic E-state index is 0.146. The maximum atomic E-state index is 12.3. The quantitative estimate of drug-likeness (QED) is 0.672. The molecule has 2 aromatic carbocycles. The Balaban J connectivity index is 2.27. The number of hydrazone groups is 1. The van der Waals surface area contributed by atoms with E-state index < -0.39 is 10.0 Å². The highest BCUT2D eigenvalue weighted by atomic mass is 32.2. The molecule has 2 N–H and O–H groups in total. The number of hydrogen-bond acceptors (Lipinski definition) is 4. The summed E-state index contributed by atoms with van der Waals surface area (Å²) in [4.78, 5) is 2.47. The molecule has 0 spiro atoms. The highest BCUT2D eigenvalue weighted by Crippen LogP contribution is 2.17. The van der Waals surface area contributed by atoms with Crippen molar-refractivity contribution in [3.05, 3.63) is 59.2 Å². The monoisotopic (exact) mass is 318 g/mol. The highest BCUT2D eigenvalue weighted by molar-refractivity contribution is 7.89. The SMILES string of the molecule is C/C(=N\NS(=O)(=O)c1cc(C)ccc1C)c1ccc(O)cc1. The minimum atomic E-state index is -3.71. The van der Waals surface area contributed by atoms with Crippen LogP contribution in [-0.4, -0.2) is 19.2 Å². The number of benzene rings is 2. The number of nitrogens with one attached hydrogen (secondary N) is 1. The Morgan fingerprint density at radius 1 is 1.09 bits per heavy atom. The molecule has 0 aliphatic rings. The first kappa shape index (κ1) is 16.0. The van der Waals surface area contributed by atoms with Crippen molar-refractivity contribution in [2.75, 3.05) is 0 Å². The van der Waals surface area contributed by atoms with Gasteiger partial charge >= 0.3 is 0 Å². The molecular formula is C16H18N2O3S. The highest BCUT2D eigenvalue weighted by Gasteiger charge is 2.16. The van der Waals surface area contributed by atoms with Gasteiger partial charge in [-0.2, -0.15) is 18.4 Å². The normalized spacial score (nSPS) is 12.2. The van der Waals surface area contributed by atoms with Gasteiger partial charge < -0.3 is 5.11 Å². The molecule has 0 fully saturated rings.